The highest BCUT2D eigenvalue weighted by Crippen LogP contribution is 2.12. The molecule has 0 radical (unpaired) electrons. The number of alkyl halides is 1. The summed E-state index contributed by atoms with van der Waals surface area (Å²) in [6, 6.07) is 3.74. The standard InChI is InChI=1S/C8H9ClOS/c9-5-1-3-7(10)8-4-2-6-11-8/h2,4,6H,1,3,5H2. The fourth-order valence-corrected chi connectivity index (χ4v) is 1.62. The minimum absolute atomic E-state index is 0.209. The molecule has 0 N–H and O–H groups in total. The van der Waals surface area contributed by atoms with E-state index in [1.165, 1.54) is 11.3 Å². The molecule has 1 rings (SSSR count). The van der Waals surface area contributed by atoms with Crippen molar-refractivity contribution < 1.29 is 4.79 Å². The van der Waals surface area contributed by atoms with Gasteiger partial charge in [-0.3, -0.25) is 4.79 Å². The van der Waals surface area contributed by atoms with Gasteiger partial charge in [-0.1, -0.05) is 6.07 Å². The Kier molecular flexibility index (Phi) is 3.60. The van der Waals surface area contributed by atoms with Crippen molar-refractivity contribution in [3.05, 3.63) is 22.4 Å². The van der Waals surface area contributed by atoms with Crippen LogP contribution in [0, 0.1) is 0 Å². The first kappa shape index (κ1) is 8.75. The summed E-state index contributed by atoms with van der Waals surface area (Å²) in [5.41, 5.74) is 0. The fraction of sp³-hybridized carbons (Fsp3) is 0.375. The summed E-state index contributed by atoms with van der Waals surface area (Å²) in [6.45, 7) is 0. The van der Waals surface area contributed by atoms with Gasteiger partial charge in [-0.25, -0.2) is 0 Å². The predicted octanol–water partition coefficient (Wildman–Crippen LogP) is 2.95. The topological polar surface area (TPSA) is 17.1 Å². The van der Waals surface area contributed by atoms with Crippen LogP contribution < -0.4 is 0 Å². The summed E-state index contributed by atoms with van der Waals surface area (Å²) in [5.74, 6) is 0.776. The number of hydrogen-bond donors (Lipinski definition) is 0. The SMILES string of the molecule is O=C(CCCCl)c1cccs1. The summed E-state index contributed by atoms with van der Waals surface area (Å²) in [7, 11) is 0. The second kappa shape index (κ2) is 4.52. The Bertz CT molecular complexity index is 218. The van der Waals surface area contributed by atoms with Gasteiger partial charge in [-0.2, -0.15) is 0 Å². The predicted molar refractivity (Wildman–Crippen MR) is 48.6 cm³/mol. The smallest absolute Gasteiger partial charge is 0.172 e. The van der Waals surface area contributed by atoms with Crippen molar-refractivity contribution in [3.8, 4) is 0 Å². The van der Waals surface area contributed by atoms with E-state index in [-0.39, 0.29) is 5.78 Å². The Labute approximate surface area is 75.0 Å². The second-order valence-electron chi connectivity index (χ2n) is 2.19. The summed E-state index contributed by atoms with van der Waals surface area (Å²) >= 11 is 6.95. The van der Waals surface area contributed by atoms with Gasteiger partial charge in [0.2, 0.25) is 0 Å². The van der Waals surface area contributed by atoms with E-state index in [0.717, 1.165) is 11.3 Å². The molecule has 0 fully saturated rings. The molecule has 1 nitrogen and oxygen atoms in total. The molecule has 0 spiro atoms. The first-order chi connectivity index (χ1) is 5.34. The Hall–Kier alpha value is -0.340. The maximum Gasteiger partial charge on any atom is 0.172 e. The monoisotopic (exact) mass is 188 g/mol. The van der Waals surface area contributed by atoms with Crippen LogP contribution in [-0.2, 0) is 0 Å². The Balaban J connectivity index is 2.43. The number of rotatable bonds is 4. The van der Waals surface area contributed by atoms with Gasteiger partial charge in [0.25, 0.3) is 0 Å². The van der Waals surface area contributed by atoms with Gasteiger partial charge < -0.3 is 0 Å². The molecular weight excluding hydrogens is 180 g/mol. The van der Waals surface area contributed by atoms with Crippen LogP contribution in [0.5, 0.6) is 0 Å². The molecule has 0 saturated carbocycles. The number of carbonyl (C=O) groups is 1. The van der Waals surface area contributed by atoms with Crippen LogP contribution in [0.3, 0.4) is 0 Å². The molecule has 0 atom stereocenters. The Morgan fingerprint density at radius 2 is 2.45 bits per heavy atom. The lowest BCUT2D eigenvalue weighted by Gasteiger charge is -1.92. The van der Waals surface area contributed by atoms with Gasteiger partial charge in [0.1, 0.15) is 0 Å². The lowest BCUT2D eigenvalue weighted by molar-refractivity contribution is 0.0986. The van der Waals surface area contributed by atoms with Crippen molar-refractivity contribution in [2.45, 2.75) is 12.8 Å². The van der Waals surface area contributed by atoms with Crippen molar-refractivity contribution >= 4 is 28.7 Å². The largest absolute Gasteiger partial charge is 0.293 e. The molecule has 1 aromatic heterocycles. The molecule has 0 bridgehead atoms. The highest BCUT2D eigenvalue weighted by atomic mass is 35.5. The van der Waals surface area contributed by atoms with E-state index < -0.39 is 0 Å². The van der Waals surface area contributed by atoms with Crippen molar-refractivity contribution in [1.82, 2.24) is 0 Å². The molecule has 0 aliphatic carbocycles. The zero-order valence-electron chi connectivity index (χ0n) is 6.05. The molecular formula is C8H9ClOS. The van der Waals surface area contributed by atoms with Crippen molar-refractivity contribution in [2.24, 2.45) is 0 Å². The van der Waals surface area contributed by atoms with E-state index in [2.05, 4.69) is 0 Å². The first-order valence-electron chi connectivity index (χ1n) is 3.47. The number of thiophene rings is 1. The minimum Gasteiger partial charge on any atom is -0.293 e. The fourth-order valence-electron chi connectivity index (χ4n) is 0.788. The van der Waals surface area contributed by atoms with E-state index in [1.807, 2.05) is 17.5 Å². The number of ketones is 1. The molecule has 60 valence electrons. The van der Waals surface area contributed by atoms with Gasteiger partial charge in [0, 0.05) is 12.3 Å². The molecule has 0 aliphatic heterocycles. The van der Waals surface area contributed by atoms with Crippen LogP contribution >= 0.6 is 22.9 Å². The number of hydrogen-bond acceptors (Lipinski definition) is 2. The molecule has 0 amide bonds. The zero-order chi connectivity index (χ0) is 8.10. The molecule has 3 heteroatoms. The van der Waals surface area contributed by atoms with E-state index in [4.69, 9.17) is 11.6 Å². The van der Waals surface area contributed by atoms with Crippen LogP contribution in [0.1, 0.15) is 22.5 Å². The molecule has 11 heavy (non-hydrogen) atoms. The minimum atomic E-state index is 0.209. The maximum atomic E-state index is 11.2. The number of carbonyl (C=O) groups excluding carboxylic acids is 1. The number of halogens is 1. The maximum absolute atomic E-state index is 11.2. The third kappa shape index (κ3) is 2.64. The highest BCUT2D eigenvalue weighted by molar-refractivity contribution is 7.12. The summed E-state index contributed by atoms with van der Waals surface area (Å²) in [5, 5.41) is 1.91. The van der Waals surface area contributed by atoms with E-state index >= 15 is 0 Å². The summed E-state index contributed by atoms with van der Waals surface area (Å²) in [4.78, 5) is 12.1. The van der Waals surface area contributed by atoms with Crippen LogP contribution in [0.25, 0.3) is 0 Å². The van der Waals surface area contributed by atoms with E-state index in [9.17, 15) is 4.79 Å². The summed E-state index contributed by atoms with van der Waals surface area (Å²) in [6.07, 6.45) is 1.35. The summed E-state index contributed by atoms with van der Waals surface area (Å²) < 4.78 is 0. The molecule has 0 aliphatic rings. The average molecular weight is 189 g/mol. The van der Waals surface area contributed by atoms with E-state index in [0.29, 0.717) is 12.3 Å². The lowest BCUT2D eigenvalue weighted by Crippen LogP contribution is -1.95. The first-order valence-corrected chi connectivity index (χ1v) is 4.88. The van der Waals surface area contributed by atoms with Crippen molar-refractivity contribution in [2.75, 3.05) is 5.88 Å². The Morgan fingerprint density at radius 3 is 3.00 bits per heavy atom. The Morgan fingerprint density at radius 1 is 1.64 bits per heavy atom. The van der Waals surface area contributed by atoms with Gasteiger partial charge in [-0.15, -0.1) is 22.9 Å². The quantitative estimate of drug-likeness (QED) is 0.525. The zero-order valence-corrected chi connectivity index (χ0v) is 7.62. The van der Waals surface area contributed by atoms with Crippen LogP contribution in [-0.4, -0.2) is 11.7 Å². The van der Waals surface area contributed by atoms with Crippen molar-refractivity contribution in [1.29, 1.82) is 0 Å². The van der Waals surface area contributed by atoms with Gasteiger partial charge >= 0.3 is 0 Å². The lowest BCUT2D eigenvalue weighted by atomic mass is 10.2. The average Bonchev–Trinajstić information content (AvgIpc) is 2.52. The third-order valence-corrected chi connectivity index (χ3v) is 2.51. The van der Waals surface area contributed by atoms with Crippen LogP contribution in [0.2, 0.25) is 0 Å². The van der Waals surface area contributed by atoms with Crippen molar-refractivity contribution in [3.63, 3.8) is 0 Å². The van der Waals surface area contributed by atoms with Gasteiger partial charge in [-0.05, 0) is 17.9 Å². The van der Waals surface area contributed by atoms with Gasteiger partial charge in [0.05, 0.1) is 4.88 Å². The van der Waals surface area contributed by atoms with Crippen LogP contribution in [0.4, 0.5) is 0 Å². The highest BCUT2D eigenvalue weighted by Gasteiger charge is 2.04. The molecule has 0 aromatic carbocycles. The molecule has 0 unspecified atom stereocenters. The van der Waals surface area contributed by atoms with Crippen LogP contribution in [0.15, 0.2) is 17.5 Å². The second-order valence-corrected chi connectivity index (χ2v) is 3.52. The molecule has 1 aromatic rings. The normalized spacial score (nSPS) is 9.91. The molecule has 0 saturated heterocycles. The molecule has 1 heterocycles. The van der Waals surface area contributed by atoms with E-state index in [1.54, 1.807) is 0 Å². The number of Topliss-reactive ketones (excluding diaryl/α,β-unsaturated/α-hetero) is 1. The van der Waals surface area contributed by atoms with Gasteiger partial charge in [0.15, 0.2) is 5.78 Å². The third-order valence-electron chi connectivity index (χ3n) is 1.33.